The molecule has 2 aromatic rings. The molecule has 0 atom stereocenters. The Morgan fingerprint density at radius 3 is 2.61 bits per heavy atom. The maximum absolute atomic E-state index is 12.5. The van der Waals surface area contributed by atoms with E-state index in [1.54, 1.807) is 16.5 Å². The van der Waals surface area contributed by atoms with Crippen molar-refractivity contribution in [2.45, 2.75) is 45.6 Å². The van der Waals surface area contributed by atoms with Crippen LogP contribution in [0.4, 0.5) is 0 Å². The topological polar surface area (TPSA) is 84.7 Å². The molecule has 1 aromatic heterocycles. The first-order valence-corrected chi connectivity index (χ1v) is 9.64. The molecule has 0 aliphatic carbocycles. The minimum absolute atomic E-state index is 0.0240. The molecular weight excluding hydrogens is 358 g/mol. The summed E-state index contributed by atoms with van der Waals surface area (Å²) in [6.45, 7) is 7.26. The van der Waals surface area contributed by atoms with E-state index in [0.29, 0.717) is 30.5 Å². The van der Waals surface area contributed by atoms with Crippen molar-refractivity contribution in [3.63, 3.8) is 0 Å². The molecular formula is C21H27N3O4. The number of carbonyl (C=O) groups excluding carboxylic acids is 1. The highest BCUT2D eigenvalue weighted by Gasteiger charge is 2.26. The summed E-state index contributed by atoms with van der Waals surface area (Å²) in [5, 5.41) is 13.4. The van der Waals surface area contributed by atoms with Crippen molar-refractivity contribution in [1.29, 1.82) is 0 Å². The molecule has 0 bridgehead atoms. The number of aromatic carboxylic acids is 1. The molecule has 0 radical (unpaired) electrons. The van der Waals surface area contributed by atoms with Gasteiger partial charge in [0.15, 0.2) is 6.61 Å². The lowest BCUT2D eigenvalue weighted by Crippen LogP contribution is -2.41. The van der Waals surface area contributed by atoms with E-state index in [0.717, 1.165) is 12.8 Å². The highest BCUT2D eigenvalue weighted by molar-refractivity contribution is 5.88. The molecule has 1 aliphatic heterocycles. The minimum Gasteiger partial charge on any atom is -0.484 e. The van der Waals surface area contributed by atoms with Gasteiger partial charge in [0.05, 0.1) is 17.9 Å². The molecule has 7 nitrogen and oxygen atoms in total. The maximum Gasteiger partial charge on any atom is 0.339 e. The van der Waals surface area contributed by atoms with Crippen LogP contribution in [0.25, 0.3) is 0 Å². The third-order valence-electron chi connectivity index (χ3n) is 5.33. The monoisotopic (exact) mass is 385 g/mol. The second-order valence-corrected chi connectivity index (χ2v) is 7.52. The molecule has 0 spiro atoms. The Labute approximate surface area is 164 Å². The van der Waals surface area contributed by atoms with Gasteiger partial charge in [-0.05, 0) is 43.4 Å². The fourth-order valence-corrected chi connectivity index (χ4v) is 3.56. The predicted molar refractivity (Wildman–Crippen MR) is 105 cm³/mol. The van der Waals surface area contributed by atoms with Crippen LogP contribution in [0.1, 0.15) is 60.3 Å². The number of aromatic nitrogens is 2. The van der Waals surface area contributed by atoms with Gasteiger partial charge in [-0.1, -0.05) is 26.0 Å². The summed E-state index contributed by atoms with van der Waals surface area (Å²) < 4.78 is 7.48. The minimum atomic E-state index is -0.963. The molecule has 1 N–H and O–H groups in total. The van der Waals surface area contributed by atoms with E-state index >= 15 is 0 Å². The molecule has 7 heteroatoms. The number of hydrogen-bond acceptors (Lipinski definition) is 4. The second-order valence-electron chi connectivity index (χ2n) is 7.52. The van der Waals surface area contributed by atoms with Crippen LogP contribution in [-0.4, -0.2) is 51.4 Å². The van der Waals surface area contributed by atoms with Gasteiger partial charge in [-0.2, -0.15) is 5.10 Å². The van der Waals surface area contributed by atoms with Gasteiger partial charge in [-0.15, -0.1) is 0 Å². The van der Waals surface area contributed by atoms with Gasteiger partial charge in [0.2, 0.25) is 0 Å². The standard InChI is InChI=1S/C21H27N3O4/c1-14(2)16-5-4-6-18(11-16)28-13-20(25)23-9-7-17(8-10-23)24-15(3)19(12-22-24)21(26)27/h4-6,11-12,14,17H,7-10,13H2,1-3H3,(H,26,27). The van der Waals surface area contributed by atoms with Crippen LogP contribution in [0.3, 0.4) is 0 Å². The van der Waals surface area contributed by atoms with Crippen LogP contribution < -0.4 is 4.74 Å². The largest absolute Gasteiger partial charge is 0.484 e. The maximum atomic E-state index is 12.5. The van der Waals surface area contributed by atoms with E-state index in [-0.39, 0.29) is 24.1 Å². The molecule has 1 saturated heterocycles. The van der Waals surface area contributed by atoms with Gasteiger partial charge in [-0.3, -0.25) is 9.48 Å². The van der Waals surface area contributed by atoms with Crippen molar-refractivity contribution in [2.24, 2.45) is 0 Å². The van der Waals surface area contributed by atoms with E-state index in [1.165, 1.54) is 11.8 Å². The Morgan fingerprint density at radius 1 is 1.29 bits per heavy atom. The number of piperidine rings is 1. The number of likely N-dealkylation sites (tertiary alicyclic amines) is 1. The highest BCUT2D eigenvalue weighted by atomic mass is 16.5. The zero-order valence-electron chi connectivity index (χ0n) is 16.6. The molecule has 0 unspecified atom stereocenters. The first-order chi connectivity index (χ1) is 13.4. The summed E-state index contributed by atoms with van der Waals surface area (Å²) in [6, 6.07) is 7.95. The van der Waals surface area contributed by atoms with Crippen molar-refractivity contribution in [1.82, 2.24) is 14.7 Å². The number of rotatable bonds is 6. The lowest BCUT2D eigenvalue weighted by atomic mass is 10.0. The van der Waals surface area contributed by atoms with Gasteiger partial charge in [0.25, 0.3) is 5.91 Å². The number of carboxylic acid groups (broad SMARTS) is 1. The lowest BCUT2D eigenvalue weighted by Gasteiger charge is -2.32. The summed E-state index contributed by atoms with van der Waals surface area (Å²) in [7, 11) is 0. The average molecular weight is 385 g/mol. The number of amides is 1. The van der Waals surface area contributed by atoms with Crippen molar-refractivity contribution >= 4 is 11.9 Å². The SMILES string of the molecule is Cc1c(C(=O)O)cnn1C1CCN(C(=O)COc2cccc(C(C)C)c2)CC1. The van der Waals surface area contributed by atoms with Gasteiger partial charge < -0.3 is 14.7 Å². The number of carboxylic acids is 1. The summed E-state index contributed by atoms with van der Waals surface area (Å²) in [6.07, 6.45) is 2.89. The number of benzene rings is 1. The number of hydrogen-bond donors (Lipinski definition) is 1. The van der Waals surface area contributed by atoms with Gasteiger partial charge in [0.1, 0.15) is 11.3 Å². The van der Waals surface area contributed by atoms with E-state index in [1.807, 2.05) is 18.2 Å². The fraction of sp³-hybridized carbons (Fsp3) is 0.476. The first-order valence-electron chi connectivity index (χ1n) is 9.64. The van der Waals surface area contributed by atoms with Crippen LogP contribution in [0.15, 0.2) is 30.5 Å². The van der Waals surface area contributed by atoms with E-state index in [4.69, 9.17) is 4.74 Å². The summed E-state index contributed by atoms with van der Waals surface area (Å²) in [5.41, 5.74) is 2.07. The number of ether oxygens (including phenoxy) is 1. The smallest absolute Gasteiger partial charge is 0.339 e. The van der Waals surface area contributed by atoms with E-state index in [2.05, 4.69) is 25.0 Å². The second kappa shape index (κ2) is 8.46. The molecule has 1 aromatic carbocycles. The molecule has 1 aliphatic rings. The van der Waals surface area contributed by atoms with Crippen molar-refractivity contribution in [3.8, 4) is 5.75 Å². The van der Waals surface area contributed by atoms with Crippen molar-refractivity contribution in [3.05, 3.63) is 47.3 Å². The molecule has 150 valence electrons. The van der Waals surface area contributed by atoms with Gasteiger partial charge in [0, 0.05) is 13.1 Å². The van der Waals surface area contributed by atoms with Gasteiger partial charge >= 0.3 is 5.97 Å². The first kappa shape index (κ1) is 19.9. The third kappa shape index (κ3) is 4.35. The number of nitrogens with zero attached hydrogens (tertiary/aromatic N) is 3. The van der Waals surface area contributed by atoms with E-state index < -0.39 is 5.97 Å². The van der Waals surface area contributed by atoms with Crippen LogP contribution in [0.5, 0.6) is 5.75 Å². The zero-order valence-corrected chi connectivity index (χ0v) is 16.6. The van der Waals surface area contributed by atoms with Crippen molar-refractivity contribution in [2.75, 3.05) is 19.7 Å². The lowest BCUT2D eigenvalue weighted by molar-refractivity contribution is -0.134. The Bertz CT molecular complexity index is 851. The Kier molecular flexibility index (Phi) is 6.02. The quantitative estimate of drug-likeness (QED) is 0.825. The molecule has 1 amide bonds. The summed E-state index contributed by atoms with van der Waals surface area (Å²) >= 11 is 0. The molecule has 2 heterocycles. The van der Waals surface area contributed by atoms with Crippen molar-refractivity contribution < 1.29 is 19.4 Å². The predicted octanol–water partition coefficient (Wildman–Crippen LogP) is 3.26. The Morgan fingerprint density at radius 2 is 2.00 bits per heavy atom. The van der Waals surface area contributed by atoms with Gasteiger partial charge in [-0.25, -0.2) is 4.79 Å². The zero-order chi connectivity index (χ0) is 20.3. The van der Waals surface area contributed by atoms with Crippen LogP contribution in [-0.2, 0) is 4.79 Å². The Hall–Kier alpha value is -2.83. The molecule has 1 fully saturated rings. The number of carbonyl (C=O) groups is 2. The molecule has 3 rings (SSSR count). The van der Waals surface area contributed by atoms with E-state index in [9.17, 15) is 14.7 Å². The van der Waals surface area contributed by atoms with Crippen LogP contribution in [0.2, 0.25) is 0 Å². The normalized spacial score (nSPS) is 15.1. The summed E-state index contributed by atoms with van der Waals surface area (Å²) in [4.78, 5) is 25.5. The average Bonchev–Trinajstić information content (AvgIpc) is 3.08. The highest BCUT2D eigenvalue weighted by Crippen LogP contribution is 2.25. The molecule has 0 saturated carbocycles. The molecule has 28 heavy (non-hydrogen) atoms. The summed E-state index contributed by atoms with van der Waals surface area (Å²) in [5.74, 6) is 0.125. The Balaban J connectivity index is 1.53. The van der Waals surface area contributed by atoms with Crippen LogP contribution >= 0.6 is 0 Å². The van der Waals surface area contributed by atoms with Crippen LogP contribution in [0, 0.1) is 6.92 Å². The fourth-order valence-electron chi connectivity index (χ4n) is 3.56. The third-order valence-corrected chi connectivity index (χ3v) is 5.33.